The van der Waals surface area contributed by atoms with Crippen molar-refractivity contribution in [3.63, 3.8) is 0 Å². The monoisotopic (exact) mass is 361 g/mol. The molecule has 4 heterocycles. The van der Waals surface area contributed by atoms with Crippen molar-refractivity contribution in [2.45, 2.75) is 19.4 Å². The number of aromatic nitrogens is 3. The van der Waals surface area contributed by atoms with E-state index in [0.29, 0.717) is 16.4 Å². The Balaban J connectivity index is 1.44. The molecule has 0 spiro atoms. The van der Waals surface area contributed by atoms with Gasteiger partial charge < -0.3 is 10.2 Å². The van der Waals surface area contributed by atoms with Crippen molar-refractivity contribution in [1.29, 1.82) is 0 Å². The predicted octanol–water partition coefficient (Wildman–Crippen LogP) is 3.08. The van der Waals surface area contributed by atoms with Gasteiger partial charge in [-0.2, -0.15) is 0 Å². The van der Waals surface area contributed by atoms with Crippen LogP contribution in [0.3, 0.4) is 0 Å². The van der Waals surface area contributed by atoms with Gasteiger partial charge in [0.1, 0.15) is 10.7 Å². The molecule has 3 aromatic rings. The third-order valence-corrected chi connectivity index (χ3v) is 5.86. The number of thiophene rings is 1. The molecule has 0 bridgehead atoms. The van der Waals surface area contributed by atoms with Gasteiger partial charge in [0.05, 0.1) is 5.02 Å². The first-order chi connectivity index (χ1) is 11.6. The van der Waals surface area contributed by atoms with E-state index in [2.05, 4.69) is 15.4 Å². The van der Waals surface area contributed by atoms with Crippen molar-refractivity contribution in [1.82, 2.24) is 19.5 Å². The molecule has 6 nitrogen and oxygen atoms in total. The van der Waals surface area contributed by atoms with E-state index < -0.39 is 0 Å². The third kappa shape index (κ3) is 2.74. The molecule has 0 aromatic carbocycles. The van der Waals surface area contributed by atoms with Crippen molar-refractivity contribution in [3.8, 4) is 0 Å². The minimum Gasteiger partial charge on any atom is -0.364 e. The zero-order valence-corrected chi connectivity index (χ0v) is 14.6. The SMILES string of the molecule is Cc1csc(C(=O)N2CCC(Nc3ccc4nccn4n3)C2)c1Cl. The minimum atomic E-state index is 0.0143. The van der Waals surface area contributed by atoms with Gasteiger partial charge in [-0.1, -0.05) is 11.6 Å². The molecule has 24 heavy (non-hydrogen) atoms. The lowest BCUT2D eigenvalue weighted by molar-refractivity contribution is 0.0796. The molecule has 3 aromatic heterocycles. The summed E-state index contributed by atoms with van der Waals surface area (Å²) in [7, 11) is 0. The summed E-state index contributed by atoms with van der Waals surface area (Å²) in [6.07, 6.45) is 4.41. The fourth-order valence-corrected chi connectivity index (χ4v) is 4.12. The highest BCUT2D eigenvalue weighted by atomic mass is 35.5. The van der Waals surface area contributed by atoms with Crippen molar-refractivity contribution in [3.05, 3.63) is 45.4 Å². The summed E-state index contributed by atoms with van der Waals surface area (Å²) in [5.74, 6) is 0.797. The Hall–Kier alpha value is -2.12. The summed E-state index contributed by atoms with van der Waals surface area (Å²) in [6.45, 7) is 3.29. The first-order valence-corrected chi connectivity index (χ1v) is 8.97. The predicted molar refractivity (Wildman–Crippen MR) is 95.0 cm³/mol. The van der Waals surface area contributed by atoms with Gasteiger partial charge in [-0.05, 0) is 36.4 Å². The summed E-state index contributed by atoms with van der Waals surface area (Å²) in [5, 5.41) is 10.4. The number of anilines is 1. The van der Waals surface area contributed by atoms with E-state index in [0.717, 1.165) is 30.0 Å². The number of hydrogen-bond donors (Lipinski definition) is 1. The zero-order valence-electron chi connectivity index (χ0n) is 13.1. The van der Waals surface area contributed by atoms with Crippen molar-refractivity contribution in [2.75, 3.05) is 18.4 Å². The largest absolute Gasteiger partial charge is 0.364 e. The molecule has 124 valence electrons. The van der Waals surface area contributed by atoms with Gasteiger partial charge in [0.25, 0.3) is 5.91 Å². The second kappa shape index (κ2) is 6.07. The summed E-state index contributed by atoms with van der Waals surface area (Å²) in [4.78, 5) is 19.3. The summed E-state index contributed by atoms with van der Waals surface area (Å²) in [5.41, 5.74) is 1.77. The third-order valence-electron chi connectivity index (χ3n) is 4.18. The van der Waals surface area contributed by atoms with Gasteiger partial charge in [-0.15, -0.1) is 16.4 Å². The molecule has 8 heteroatoms. The number of carbonyl (C=O) groups is 1. The van der Waals surface area contributed by atoms with Crippen LogP contribution >= 0.6 is 22.9 Å². The maximum Gasteiger partial charge on any atom is 0.265 e. The van der Waals surface area contributed by atoms with Crippen molar-refractivity contribution < 1.29 is 4.79 Å². The Labute approximate surface area is 148 Å². The van der Waals surface area contributed by atoms with E-state index in [1.807, 2.05) is 35.5 Å². The highest BCUT2D eigenvalue weighted by Gasteiger charge is 2.29. The fraction of sp³-hybridized carbons (Fsp3) is 0.312. The Morgan fingerprint density at radius 3 is 3.12 bits per heavy atom. The molecule has 1 aliphatic heterocycles. The Kier molecular flexibility index (Phi) is 3.90. The number of imidazole rings is 1. The van der Waals surface area contributed by atoms with Gasteiger partial charge in [0.2, 0.25) is 0 Å². The summed E-state index contributed by atoms with van der Waals surface area (Å²) in [6, 6.07) is 4.01. The standard InChI is InChI=1S/C16H16ClN5OS/c1-10-9-24-15(14(10)17)16(23)21-6-4-11(8-21)19-12-2-3-13-18-5-7-22(13)20-12/h2-3,5,7,9,11H,4,6,8H2,1H3,(H,19,20). The topological polar surface area (TPSA) is 62.5 Å². The van der Waals surface area contributed by atoms with E-state index >= 15 is 0 Å². The second-order valence-electron chi connectivity index (χ2n) is 5.89. The van der Waals surface area contributed by atoms with Gasteiger partial charge in [0.15, 0.2) is 5.65 Å². The molecule has 1 N–H and O–H groups in total. The number of rotatable bonds is 3. The number of halogens is 1. The van der Waals surface area contributed by atoms with E-state index in [4.69, 9.17) is 11.6 Å². The smallest absolute Gasteiger partial charge is 0.265 e. The molecular weight excluding hydrogens is 346 g/mol. The second-order valence-corrected chi connectivity index (χ2v) is 7.15. The quantitative estimate of drug-likeness (QED) is 0.778. The van der Waals surface area contributed by atoms with Gasteiger partial charge in [-0.25, -0.2) is 9.50 Å². The molecule has 0 saturated carbocycles. The van der Waals surface area contributed by atoms with Crippen LogP contribution in [0.2, 0.25) is 5.02 Å². The number of aryl methyl sites for hydroxylation is 1. The van der Waals surface area contributed by atoms with E-state index in [9.17, 15) is 4.79 Å². The molecule has 4 rings (SSSR count). The molecule has 0 aliphatic carbocycles. The molecule has 1 unspecified atom stereocenters. The van der Waals surface area contributed by atoms with Crippen LogP contribution in [-0.2, 0) is 0 Å². The number of amides is 1. The van der Waals surface area contributed by atoms with Crippen LogP contribution in [-0.4, -0.2) is 44.5 Å². The number of nitrogens with zero attached hydrogens (tertiary/aromatic N) is 4. The molecule has 1 fully saturated rings. The molecular formula is C16H16ClN5OS. The maximum absolute atomic E-state index is 12.6. The number of likely N-dealkylation sites (tertiary alicyclic amines) is 1. The minimum absolute atomic E-state index is 0.0143. The van der Waals surface area contributed by atoms with Gasteiger partial charge >= 0.3 is 0 Å². The molecule has 1 aliphatic rings. The highest BCUT2D eigenvalue weighted by Crippen LogP contribution is 2.29. The molecule has 1 saturated heterocycles. The summed E-state index contributed by atoms with van der Waals surface area (Å²) >= 11 is 7.63. The first kappa shape index (κ1) is 15.4. The van der Waals surface area contributed by atoms with Crippen LogP contribution in [0.15, 0.2) is 29.9 Å². The van der Waals surface area contributed by atoms with Crippen LogP contribution in [0.4, 0.5) is 5.82 Å². The maximum atomic E-state index is 12.6. The lowest BCUT2D eigenvalue weighted by Gasteiger charge is -2.17. The van der Waals surface area contributed by atoms with Crippen molar-refractivity contribution in [2.24, 2.45) is 0 Å². The average molecular weight is 362 g/mol. The number of nitrogens with one attached hydrogen (secondary N) is 1. The molecule has 1 amide bonds. The van der Waals surface area contributed by atoms with Crippen LogP contribution in [0.5, 0.6) is 0 Å². The van der Waals surface area contributed by atoms with Crippen LogP contribution in [0.25, 0.3) is 5.65 Å². The highest BCUT2D eigenvalue weighted by molar-refractivity contribution is 7.13. The number of carbonyl (C=O) groups excluding carboxylic acids is 1. The van der Waals surface area contributed by atoms with Crippen LogP contribution in [0.1, 0.15) is 21.7 Å². The lowest BCUT2D eigenvalue weighted by atomic mass is 10.2. The Morgan fingerprint density at radius 2 is 2.33 bits per heavy atom. The van der Waals surface area contributed by atoms with Gasteiger partial charge in [0, 0.05) is 31.5 Å². The lowest BCUT2D eigenvalue weighted by Crippen LogP contribution is -2.31. The van der Waals surface area contributed by atoms with Gasteiger partial charge in [-0.3, -0.25) is 4.79 Å². The number of fused-ring (bicyclic) bond motifs is 1. The van der Waals surface area contributed by atoms with Crippen molar-refractivity contribution >= 4 is 40.3 Å². The number of hydrogen-bond acceptors (Lipinski definition) is 5. The Morgan fingerprint density at radius 1 is 1.46 bits per heavy atom. The summed E-state index contributed by atoms with van der Waals surface area (Å²) < 4.78 is 1.73. The van der Waals surface area contributed by atoms with Crippen LogP contribution < -0.4 is 5.32 Å². The van der Waals surface area contributed by atoms with Crippen LogP contribution in [0, 0.1) is 6.92 Å². The average Bonchev–Trinajstić information content (AvgIpc) is 3.29. The fourth-order valence-electron chi connectivity index (χ4n) is 2.88. The van der Waals surface area contributed by atoms with E-state index in [1.165, 1.54) is 11.3 Å². The molecule has 0 radical (unpaired) electrons. The van der Waals surface area contributed by atoms with E-state index in [-0.39, 0.29) is 11.9 Å². The van der Waals surface area contributed by atoms with E-state index in [1.54, 1.807) is 10.7 Å². The molecule has 1 atom stereocenters. The zero-order chi connectivity index (χ0) is 16.7. The normalized spacial score (nSPS) is 17.6. The Bertz CT molecular complexity index is 905. The first-order valence-electron chi connectivity index (χ1n) is 7.71.